The first-order valence-corrected chi connectivity index (χ1v) is 6.80. The minimum Gasteiger partial charge on any atom is -0.394 e. The lowest BCUT2D eigenvalue weighted by molar-refractivity contribution is -0.0240. The first-order valence-electron chi connectivity index (χ1n) is 4.96. The second-order valence-electron chi connectivity index (χ2n) is 3.74. The molecule has 18 heavy (non-hydrogen) atoms. The summed E-state index contributed by atoms with van der Waals surface area (Å²) in [5, 5.41) is 28.6. The van der Waals surface area contributed by atoms with Crippen LogP contribution in [0.5, 0.6) is 0 Å². The van der Waals surface area contributed by atoms with E-state index in [1.165, 1.54) is 0 Å². The predicted octanol–water partition coefficient (Wildman–Crippen LogP) is 0.542. The molecule has 6 nitrogen and oxygen atoms in total. The van der Waals surface area contributed by atoms with E-state index < -0.39 is 31.0 Å². The molecule has 0 radical (unpaired) electrons. The maximum Gasteiger partial charge on any atom is 0.162 e. The monoisotopic (exact) mass is 406 g/mol. The van der Waals surface area contributed by atoms with Crippen molar-refractivity contribution in [2.75, 3.05) is 6.61 Å². The summed E-state index contributed by atoms with van der Waals surface area (Å²) in [4.78, 5) is 7.94. The molecule has 1 aliphatic heterocycles. The Bertz CT molecular complexity index is 464. The summed E-state index contributed by atoms with van der Waals surface area (Å²) in [6, 6.07) is 0. The van der Waals surface area contributed by atoms with Crippen molar-refractivity contribution < 1.29 is 20.1 Å². The van der Waals surface area contributed by atoms with Crippen LogP contribution in [0.4, 0.5) is 0 Å². The molecule has 0 amide bonds. The van der Waals surface area contributed by atoms with Crippen LogP contribution in [-0.2, 0) is 4.74 Å². The highest BCUT2D eigenvalue weighted by Crippen LogP contribution is 2.36. The maximum absolute atomic E-state index is 9.85. The molecule has 2 rings (SSSR count). The SMILES string of the molecule is OC[C@H]1O[C@@H](c2nc(I)c(Cl)nc2Cl)[C@H](O)[C@@H]1O. The highest BCUT2D eigenvalue weighted by molar-refractivity contribution is 14.1. The Morgan fingerprint density at radius 2 is 1.83 bits per heavy atom. The Balaban J connectivity index is 2.35. The topological polar surface area (TPSA) is 95.7 Å². The van der Waals surface area contributed by atoms with E-state index >= 15 is 0 Å². The van der Waals surface area contributed by atoms with Gasteiger partial charge < -0.3 is 20.1 Å². The van der Waals surface area contributed by atoms with Crippen LogP contribution in [0.2, 0.25) is 10.3 Å². The van der Waals surface area contributed by atoms with Crippen molar-refractivity contribution in [2.45, 2.75) is 24.4 Å². The molecule has 0 unspecified atom stereocenters. The minimum absolute atomic E-state index is 0.00439. The second-order valence-corrected chi connectivity index (χ2v) is 5.48. The van der Waals surface area contributed by atoms with Crippen molar-refractivity contribution in [3.05, 3.63) is 19.7 Å². The average molecular weight is 407 g/mol. The fraction of sp³-hybridized carbons (Fsp3) is 0.556. The maximum atomic E-state index is 9.85. The van der Waals surface area contributed by atoms with E-state index in [4.69, 9.17) is 33.0 Å². The largest absolute Gasteiger partial charge is 0.394 e. The number of rotatable bonds is 2. The molecule has 4 atom stereocenters. The molecule has 0 aliphatic carbocycles. The molecule has 2 heterocycles. The molecule has 1 saturated heterocycles. The number of hydrogen-bond donors (Lipinski definition) is 3. The van der Waals surface area contributed by atoms with Gasteiger partial charge >= 0.3 is 0 Å². The molecule has 1 aromatic rings. The van der Waals surface area contributed by atoms with Crippen LogP contribution < -0.4 is 0 Å². The van der Waals surface area contributed by atoms with Crippen LogP contribution in [0.15, 0.2) is 0 Å². The van der Waals surface area contributed by atoms with E-state index in [0.29, 0.717) is 3.70 Å². The molecule has 1 fully saturated rings. The quantitative estimate of drug-likeness (QED) is 0.620. The summed E-state index contributed by atoms with van der Waals surface area (Å²) in [6.45, 7) is -0.412. The van der Waals surface area contributed by atoms with Gasteiger partial charge in [0.1, 0.15) is 33.8 Å². The Labute approximate surface area is 126 Å². The van der Waals surface area contributed by atoms with Gasteiger partial charge in [0.15, 0.2) is 10.3 Å². The lowest BCUT2D eigenvalue weighted by Gasteiger charge is -2.15. The van der Waals surface area contributed by atoms with Crippen LogP contribution >= 0.6 is 45.8 Å². The van der Waals surface area contributed by atoms with Crippen molar-refractivity contribution in [1.82, 2.24) is 9.97 Å². The van der Waals surface area contributed by atoms with Crippen LogP contribution in [0.25, 0.3) is 0 Å². The summed E-state index contributed by atoms with van der Waals surface area (Å²) >= 11 is 13.5. The van der Waals surface area contributed by atoms with E-state index in [0.717, 1.165) is 0 Å². The van der Waals surface area contributed by atoms with Gasteiger partial charge in [-0.3, -0.25) is 0 Å². The average Bonchev–Trinajstić information content (AvgIpc) is 2.61. The number of halogens is 3. The molecule has 0 bridgehead atoms. The van der Waals surface area contributed by atoms with Crippen LogP contribution in [0.1, 0.15) is 11.8 Å². The zero-order valence-corrected chi connectivity index (χ0v) is 12.5. The zero-order valence-electron chi connectivity index (χ0n) is 8.79. The molecule has 100 valence electrons. The molecule has 1 aromatic heterocycles. The standard InChI is InChI=1S/C9H9Cl2IN2O4/c10-7-3(13-9(12)8(11)14-7)6-5(17)4(16)2(1-15)18-6/h2,4-6,15-17H,1H2/t2-,4-,5-,6+/m1/s1. The van der Waals surface area contributed by atoms with Crippen molar-refractivity contribution in [3.8, 4) is 0 Å². The number of aliphatic hydroxyl groups is 3. The first kappa shape index (κ1) is 14.6. The summed E-state index contributed by atoms with van der Waals surface area (Å²) in [6.07, 6.45) is -4.25. The first-order chi connectivity index (χ1) is 8.45. The van der Waals surface area contributed by atoms with Gasteiger partial charge in [0.2, 0.25) is 0 Å². The van der Waals surface area contributed by atoms with Gasteiger partial charge in [-0.2, -0.15) is 0 Å². The Kier molecular flexibility index (Phi) is 4.63. The van der Waals surface area contributed by atoms with Gasteiger partial charge in [-0.25, -0.2) is 9.97 Å². The fourth-order valence-corrected chi connectivity index (χ4v) is 2.48. The third-order valence-electron chi connectivity index (χ3n) is 2.61. The minimum atomic E-state index is -1.23. The number of nitrogens with zero attached hydrogens (tertiary/aromatic N) is 2. The van der Waals surface area contributed by atoms with Gasteiger partial charge in [-0.15, -0.1) is 0 Å². The van der Waals surface area contributed by atoms with Crippen molar-refractivity contribution >= 4 is 45.8 Å². The van der Waals surface area contributed by atoms with Crippen molar-refractivity contribution in [3.63, 3.8) is 0 Å². The van der Waals surface area contributed by atoms with E-state index in [1.807, 2.05) is 22.6 Å². The molecule has 3 N–H and O–H groups in total. The number of aromatic nitrogens is 2. The summed E-state index contributed by atoms with van der Waals surface area (Å²) < 4.78 is 5.72. The third-order valence-corrected chi connectivity index (χ3v) is 4.22. The van der Waals surface area contributed by atoms with Gasteiger partial charge in [-0.1, -0.05) is 23.2 Å². The molecular formula is C9H9Cl2IN2O4. The number of hydrogen-bond acceptors (Lipinski definition) is 6. The fourth-order valence-electron chi connectivity index (χ4n) is 1.69. The smallest absolute Gasteiger partial charge is 0.162 e. The van der Waals surface area contributed by atoms with E-state index in [2.05, 4.69) is 9.97 Å². The van der Waals surface area contributed by atoms with Crippen LogP contribution in [0.3, 0.4) is 0 Å². The summed E-state index contributed by atoms with van der Waals surface area (Å²) in [5.74, 6) is 0. The molecule has 0 spiro atoms. The third kappa shape index (κ3) is 2.58. The molecule has 0 saturated carbocycles. The highest BCUT2D eigenvalue weighted by atomic mass is 127. The molecule has 0 aromatic carbocycles. The predicted molar refractivity (Wildman–Crippen MR) is 71.5 cm³/mol. The van der Waals surface area contributed by atoms with E-state index in [9.17, 15) is 10.2 Å². The second kappa shape index (κ2) is 5.70. The molecule has 9 heteroatoms. The van der Waals surface area contributed by atoms with E-state index in [-0.39, 0.29) is 16.0 Å². The van der Waals surface area contributed by atoms with Crippen LogP contribution in [-0.4, -0.2) is 50.2 Å². The normalized spacial score (nSPS) is 31.9. The van der Waals surface area contributed by atoms with Gasteiger partial charge in [0.25, 0.3) is 0 Å². The highest BCUT2D eigenvalue weighted by Gasteiger charge is 2.44. The lowest BCUT2D eigenvalue weighted by Crippen LogP contribution is -2.32. The van der Waals surface area contributed by atoms with Crippen molar-refractivity contribution in [2.24, 2.45) is 0 Å². The molecular weight excluding hydrogens is 398 g/mol. The Hall–Kier alpha value is 0.230. The van der Waals surface area contributed by atoms with Gasteiger partial charge in [0.05, 0.1) is 6.61 Å². The van der Waals surface area contributed by atoms with E-state index in [1.54, 1.807) is 0 Å². The molecule has 1 aliphatic rings. The Morgan fingerprint density at radius 3 is 2.39 bits per heavy atom. The van der Waals surface area contributed by atoms with Crippen LogP contribution in [0, 0.1) is 3.70 Å². The van der Waals surface area contributed by atoms with Crippen molar-refractivity contribution in [1.29, 1.82) is 0 Å². The lowest BCUT2D eigenvalue weighted by atomic mass is 10.1. The number of aliphatic hydroxyl groups excluding tert-OH is 3. The Morgan fingerprint density at radius 1 is 1.17 bits per heavy atom. The van der Waals surface area contributed by atoms with Gasteiger partial charge in [-0.05, 0) is 22.6 Å². The summed E-state index contributed by atoms with van der Waals surface area (Å²) in [7, 11) is 0. The summed E-state index contributed by atoms with van der Waals surface area (Å²) in [5.41, 5.74) is 0.188. The zero-order chi connectivity index (χ0) is 13.4. The number of ether oxygens (including phenoxy) is 1. The van der Waals surface area contributed by atoms with Gasteiger partial charge in [0, 0.05) is 0 Å².